The molecule has 0 aromatic heterocycles. The lowest BCUT2D eigenvalue weighted by Gasteiger charge is -2.21. The average molecular weight is 1410 g/mol. The lowest BCUT2D eigenvalue weighted by molar-refractivity contribution is -0.161. The molecule has 0 radical (unpaired) electrons. The van der Waals surface area contributed by atoms with E-state index < -0.39 is 97.5 Å². The molecule has 0 saturated heterocycles. The Morgan fingerprint density at radius 1 is 0.302 bits per heavy atom. The fourth-order valence-corrected chi connectivity index (χ4v) is 13.4. The van der Waals surface area contributed by atoms with Gasteiger partial charge in [0, 0.05) is 25.7 Å². The van der Waals surface area contributed by atoms with Gasteiger partial charge in [0.15, 0.2) is 12.2 Å². The predicted octanol–water partition coefficient (Wildman–Crippen LogP) is 22.7. The molecule has 17 nitrogen and oxygen atoms in total. The summed E-state index contributed by atoms with van der Waals surface area (Å²) >= 11 is 0. The van der Waals surface area contributed by atoms with E-state index in [2.05, 4.69) is 41.5 Å². The highest BCUT2D eigenvalue weighted by molar-refractivity contribution is 7.47. The fourth-order valence-electron chi connectivity index (χ4n) is 11.8. The van der Waals surface area contributed by atoms with Crippen molar-refractivity contribution in [2.24, 2.45) is 11.8 Å². The lowest BCUT2D eigenvalue weighted by atomic mass is 10.00. The molecule has 0 spiro atoms. The normalized spacial score (nSPS) is 14.3. The second kappa shape index (κ2) is 68.8. The molecule has 570 valence electrons. The van der Waals surface area contributed by atoms with Gasteiger partial charge >= 0.3 is 39.5 Å². The topological polar surface area (TPSA) is 237 Å². The Balaban J connectivity index is 5.24. The molecule has 0 amide bonds. The number of rotatable bonds is 76. The molecule has 3 unspecified atom stereocenters. The highest BCUT2D eigenvalue weighted by atomic mass is 31.2. The van der Waals surface area contributed by atoms with Gasteiger partial charge in [0.05, 0.1) is 26.4 Å². The number of aliphatic hydroxyl groups excluding tert-OH is 1. The van der Waals surface area contributed by atoms with Crippen molar-refractivity contribution >= 4 is 39.5 Å². The first-order valence-corrected chi connectivity index (χ1v) is 43.0. The summed E-state index contributed by atoms with van der Waals surface area (Å²) in [5.74, 6) is -0.632. The summed E-state index contributed by atoms with van der Waals surface area (Å²) in [6.45, 7) is 9.56. The number of hydrogen-bond donors (Lipinski definition) is 3. The van der Waals surface area contributed by atoms with Gasteiger partial charge in [-0.05, 0) is 37.5 Å². The molecule has 0 aliphatic heterocycles. The number of aliphatic hydroxyl groups is 1. The zero-order valence-corrected chi connectivity index (χ0v) is 64.5. The summed E-state index contributed by atoms with van der Waals surface area (Å²) in [6, 6.07) is 0. The minimum atomic E-state index is -4.96. The lowest BCUT2D eigenvalue weighted by Crippen LogP contribution is -2.30. The minimum Gasteiger partial charge on any atom is -0.462 e. The molecule has 0 fully saturated rings. The van der Waals surface area contributed by atoms with Crippen LogP contribution in [0.15, 0.2) is 0 Å². The van der Waals surface area contributed by atoms with E-state index >= 15 is 0 Å². The van der Waals surface area contributed by atoms with Crippen LogP contribution in [0.4, 0.5) is 0 Å². The van der Waals surface area contributed by atoms with Crippen LogP contribution in [0.1, 0.15) is 401 Å². The van der Waals surface area contributed by atoms with Crippen molar-refractivity contribution in [2.75, 3.05) is 39.6 Å². The molecule has 0 bridgehead atoms. The number of carbonyl (C=O) groups is 4. The number of phosphoric ester groups is 2. The summed E-state index contributed by atoms with van der Waals surface area (Å²) < 4.78 is 68.6. The molecule has 0 aliphatic rings. The van der Waals surface area contributed by atoms with E-state index in [1.54, 1.807) is 0 Å². The fraction of sp³-hybridized carbons (Fsp3) is 0.948. The maximum absolute atomic E-state index is 13.1. The summed E-state index contributed by atoms with van der Waals surface area (Å²) in [5.41, 5.74) is 0. The zero-order chi connectivity index (χ0) is 70.7. The van der Waals surface area contributed by atoms with Crippen LogP contribution >= 0.6 is 15.6 Å². The number of hydrogen-bond acceptors (Lipinski definition) is 15. The van der Waals surface area contributed by atoms with Crippen molar-refractivity contribution in [3.05, 3.63) is 0 Å². The number of carbonyl (C=O) groups excluding carboxylic acids is 4. The van der Waals surface area contributed by atoms with Gasteiger partial charge in [0.1, 0.15) is 19.3 Å². The van der Waals surface area contributed by atoms with Gasteiger partial charge in [-0.25, -0.2) is 9.13 Å². The molecular weight excluding hydrogens is 1260 g/mol. The smallest absolute Gasteiger partial charge is 0.462 e. The summed E-state index contributed by atoms with van der Waals surface area (Å²) in [5, 5.41) is 10.6. The standard InChI is InChI=1S/C77H150O17P2/c1-7-10-12-14-16-18-20-22-24-25-26-27-28-30-32-37-41-49-55-61-76(81)93-72(65-87-74(79)59-53-47-40-36-31-29-23-21-19-17-15-13-11-8-2)67-91-95(83,84)89-63-71(78)64-90-96(85,86)92-68-73(66-88-75(80)60-54-48-44-43-46-52-58-70(6)9-3)94-77(82)62-56-50-42-38-34-33-35-39-45-51-57-69(4)5/h69-73,78H,7-68H2,1-6H3,(H,83,84)(H,85,86)/t70?,71-,72-,73-/m1/s1. The first-order valence-electron chi connectivity index (χ1n) is 40.0. The van der Waals surface area contributed by atoms with Gasteiger partial charge in [-0.2, -0.15) is 0 Å². The third-order valence-corrected chi connectivity index (χ3v) is 20.2. The predicted molar refractivity (Wildman–Crippen MR) is 391 cm³/mol. The van der Waals surface area contributed by atoms with E-state index in [0.717, 1.165) is 108 Å². The maximum atomic E-state index is 13.1. The molecule has 3 N–H and O–H groups in total. The summed E-state index contributed by atoms with van der Waals surface area (Å²) in [6.07, 6.45) is 56.9. The molecular formula is C77H150O17P2. The molecule has 0 aliphatic carbocycles. The largest absolute Gasteiger partial charge is 0.472 e. The number of unbranched alkanes of at least 4 members (excludes halogenated alkanes) is 45. The Labute approximate surface area is 588 Å². The Hall–Kier alpha value is -1.94. The summed E-state index contributed by atoms with van der Waals surface area (Å²) in [7, 11) is -9.91. The Morgan fingerprint density at radius 2 is 0.531 bits per heavy atom. The molecule has 0 aromatic rings. The van der Waals surface area contributed by atoms with Gasteiger partial charge in [-0.15, -0.1) is 0 Å². The van der Waals surface area contributed by atoms with Crippen molar-refractivity contribution in [3.63, 3.8) is 0 Å². The van der Waals surface area contributed by atoms with Crippen molar-refractivity contribution in [1.29, 1.82) is 0 Å². The SMILES string of the molecule is CCCCCCCCCCCCCCCCCCCCCC(=O)O[C@H](COC(=O)CCCCCCCCCCCCCCCC)COP(=O)(O)OC[C@@H](O)COP(=O)(O)OC[C@@H](COC(=O)CCCCCCCCC(C)CC)OC(=O)CCCCCCCCCCCCC(C)C. The van der Waals surface area contributed by atoms with Crippen molar-refractivity contribution in [1.82, 2.24) is 0 Å². The highest BCUT2D eigenvalue weighted by Gasteiger charge is 2.30. The second-order valence-corrected chi connectivity index (χ2v) is 31.4. The van der Waals surface area contributed by atoms with Gasteiger partial charge in [0.2, 0.25) is 0 Å². The molecule has 0 rings (SSSR count). The summed E-state index contributed by atoms with van der Waals surface area (Å²) in [4.78, 5) is 72.8. The first-order chi connectivity index (χ1) is 46.4. The third kappa shape index (κ3) is 69.2. The van der Waals surface area contributed by atoms with Crippen molar-refractivity contribution < 1.29 is 80.2 Å². The van der Waals surface area contributed by atoms with Crippen LogP contribution in [0.25, 0.3) is 0 Å². The van der Waals surface area contributed by atoms with E-state index in [0.29, 0.717) is 25.7 Å². The van der Waals surface area contributed by atoms with Crippen LogP contribution in [0.5, 0.6) is 0 Å². The van der Waals surface area contributed by atoms with Crippen LogP contribution in [0.2, 0.25) is 0 Å². The van der Waals surface area contributed by atoms with E-state index in [4.69, 9.17) is 37.0 Å². The first kappa shape index (κ1) is 94.1. The quantitative estimate of drug-likeness (QED) is 0.0222. The molecule has 0 saturated carbocycles. The van der Waals surface area contributed by atoms with E-state index in [-0.39, 0.29) is 25.7 Å². The molecule has 96 heavy (non-hydrogen) atoms. The molecule has 6 atom stereocenters. The van der Waals surface area contributed by atoms with Crippen LogP contribution in [0.3, 0.4) is 0 Å². The van der Waals surface area contributed by atoms with Gasteiger partial charge in [-0.1, -0.05) is 350 Å². The Kier molecular flexibility index (Phi) is 67.4. The van der Waals surface area contributed by atoms with E-state index in [1.807, 2.05) is 0 Å². The van der Waals surface area contributed by atoms with Crippen LogP contribution in [-0.2, 0) is 65.4 Å². The Bertz CT molecular complexity index is 1860. The number of esters is 4. The van der Waals surface area contributed by atoms with Crippen LogP contribution in [-0.4, -0.2) is 96.7 Å². The third-order valence-electron chi connectivity index (χ3n) is 18.3. The van der Waals surface area contributed by atoms with Gasteiger partial charge in [-0.3, -0.25) is 37.3 Å². The van der Waals surface area contributed by atoms with Gasteiger partial charge in [0.25, 0.3) is 0 Å². The minimum absolute atomic E-state index is 0.105. The average Bonchev–Trinajstić information content (AvgIpc) is 1.50. The van der Waals surface area contributed by atoms with Gasteiger partial charge < -0.3 is 33.8 Å². The van der Waals surface area contributed by atoms with Crippen LogP contribution in [0, 0.1) is 11.8 Å². The number of phosphoric acid groups is 2. The second-order valence-electron chi connectivity index (χ2n) is 28.5. The number of ether oxygens (including phenoxy) is 4. The monoisotopic (exact) mass is 1410 g/mol. The maximum Gasteiger partial charge on any atom is 0.472 e. The highest BCUT2D eigenvalue weighted by Crippen LogP contribution is 2.45. The molecule has 0 aromatic carbocycles. The molecule has 19 heteroatoms. The Morgan fingerprint density at radius 3 is 0.792 bits per heavy atom. The van der Waals surface area contributed by atoms with Crippen LogP contribution < -0.4 is 0 Å². The van der Waals surface area contributed by atoms with E-state index in [1.165, 1.54) is 212 Å². The van der Waals surface area contributed by atoms with Crippen molar-refractivity contribution in [2.45, 2.75) is 419 Å². The van der Waals surface area contributed by atoms with Crippen molar-refractivity contribution in [3.8, 4) is 0 Å². The molecule has 0 heterocycles. The van der Waals surface area contributed by atoms with E-state index in [9.17, 15) is 43.2 Å². The zero-order valence-electron chi connectivity index (χ0n) is 62.7.